The lowest BCUT2D eigenvalue weighted by Gasteiger charge is -2.23. The van der Waals surface area contributed by atoms with Crippen LogP contribution >= 0.6 is 24.0 Å². The third kappa shape index (κ3) is 3.94. The summed E-state index contributed by atoms with van der Waals surface area (Å²) in [5, 5.41) is 6.86. The van der Waals surface area contributed by atoms with E-state index in [0.717, 1.165) is 43.8 Å². The molecule has 1 aromatic rings. The number of nitrogens with one attached hydrogen (secondary N) is 2. The van der Waals surface area contributed by atoms with Gasteiger partial charge >= 0.3 is 0 Å². The van der Waals surface area contributed by atoms with Gasteiger partial charge in [-0.3, -0.25) is 4.99 Å². The van der Waals surface area contributed by atoms with Crippen molar-refractivity contribution in [1.29, 1.82) is 0 Å². The Morgan fingerprint density at radius 3 is 2.72 bits per heavy atom. The lowest BCUT2D eigenvalue weighted by molar-refractivity contribution is 0.0992. The second-order valence-corrected chi connectivity index (χ2v) is 7.32. The van der Waals surface area contributed by atoms with E-state index >= 15 is 0 Å². The zero-order chi connectivity index (χ0) is 16.6. The number of hydrogen-bond donors (Lipinski definition) is 2. The summed E-state index contributed by atoms with van der Waals surface area (Å²) in [5.41, 5.74) is 0.701. The summed E-state index contributed by atoms with van der Waals surface area (Å²) in [5.74, 6) is 0.728. The molecule has 3 fully saturated rings. The Kier molecular flexibility index (Phi) is 5.88. The smallest absolute Gasteiger partial charge is 0.191 e. The molecule has 1 aliphatic carbocycles. The molecule has 6 heteroatoms. The molecule has 3 aliphatic rings. The number of aliphatic imine (C=N–C) groups is 1. The molecule has 0 aromatic heterocycles. The number of guanidine groups is 1. The third-order valence-corrected chi connectivity index (χ3v) is 5.61. The van der Waals surface area contributed by atoms with E-state index in [4.69, 9.17) is 9.73 Å². The summed E-state index contributed by atoms with van der Waals surface area (Å²) in [6.07, 6.45) is 6.15. The highest BCUT2D eigenvalue weighted by Gasteiger charge is 2.46. The molecule has 2 N–H and O–H groups in total. The summed E-state index contributed by atoms with van der Waals surface area (Å²) in [6.45, 7) is 3.52. The van der Waals surface area contributed by atoms with Gasteiger partial charge < -0.3 is 15.4 Å². The molecule has 4 nitrogen and oxygen atoms in total. The van der Waals surface area contributed by atoms with Crippen LogP contribution in [0.4, 0.5) is 4.39 Å². The summed E-state index contributed by atoms with van der Waals surface area (Å²) in [6, 6.07) is 7.47. The minimum absolute atomic E-state index is 0. The largest absolute Gasteiger partial charge is 0.373 e. The molecule has 2 saturated heterocycles. The summed E-state index contributed by atoms with van der Waals surface area (Å²) in [7, 11) is 0. The van der Waals surface area contributed by atoms with Gasteiger partial charge in [0.2, 0.25) is 0 Å². The number of hydrogen-bond acceptors (Lipinski definition) is 2. The van der Waals surface area contributed by atoms with Crippen LogP contribution in [-0.4, -0.2) is 37.3 Å². The molecule has 1 aromatic carbocycles. The Morgan fingerprint density at radius 1 is 1.32 bits per heavy atom. The van der Waals surface area contributed by atoms with E-state index in [-0.39, 0.29) is 35.2 Å². The van der Waals surface area contributed by atoms with Crippen molar-refractivity contribution in [3.63, 3.8) is 0 Å². The first-order valence-electron chi connectivity index (χ1n) is 9.15. The monoisotopic (exact) mass is 459 g/mol. The maximum atomic E-state index is 14.1. The average molecular weight is 459 g/mol. The van der Waals surface area contributed by atoms with Crippen molar-refractivity contribution in [3.8, 4) is 0 Å². The minimum atomic E-state index is -0.112. The number of fused-ring (bicyclic) bond motifs is 2. The number of nitrogens with zero attached hydrogens (tertiary/aromatic N) is 1. The normalized spacial score (nSPS) is 29.2. The standard InChI is InChI=1S/C19H26FN3O.HI/c1-2-21-18(23-16-11-13-7-8-17(16)24-13)22-12-19(9-10-19)14-5-3-4-6-15(14)20;/h3-6,13,16-17H,2,7-12H2,1H3,(H2,21,22,23);1H. The second-order valence-electron chi connectivity index (χ2n) is 7.32. The summed E-state index contributed by atoms with van der Waals surface area (Å²) >= 11 is 0. The Labute approximate surface area is 166 Å². The fraction of sp³-hybridized carbons (Fsp3) is 0.632. The van der Waals surface area contributed by atoms with Crippen molar-refractivity contribution in [2.24, 2.45) is 4.99 Å². The lowest BCUT2D eigenvalue weighted by Crippen LogP contribution is -2.47. The van der Waals surface area contributed by atoms with Crippen LogP contribution in [-0.2, 0) is 10.2 Å². The van der Waals surface area contributed by atoms with E-state index in [1.54, 1.807) is 12.1 Å². The van der Waals surface area contributed by atoms with E-state index in [9.17, 15) is 4.39 Å². The molecule has 2 aliphatic heterocycles. The average Bonchev–Trinajstić information content (AvgIpc) is 3.07. The van der Waals surface area contributed by atoms with E-state index in [2.05, 4.69) is 17.6 Å². The first kappa shape index (κ1) is 18.9. The van der Waals surface area contributed by atoms with Gasteiger partial charge in [0.05, 0.1) is 24.8 Å². The van der Waals surface area contributed by atoms with Crippen LogP contribution in [0.15, 0.2) is 29.3 Å². The zero-order valence-corrected chi connectivity index (χ0v) is 17.0. The van der Waals surface area contributed by atoms with Crippen molar-refractivity contribution in [3.05, 3.63) is 35.6 Å². The maximum absolute atomic E-state index is 14.1. The van der Waals surface area contributed by atoms with E-state index in [0.29, 0.717) is 24.8 Å². The number of ether oxygens (including phenoxy) is 1. The van der Waals surface area contributed by atoms with E-state index in [1.807, 2.05) is 12.1 Å². The highest BCUT2D eigenvalue weighted by atomic mass is 127. The van der Waals surface area contributed by atoms with Crippen LogP contribution in [0, 0.1) is 5.82 Å². The van der Waals surface area contributed by atoms with Crippen LogP contribution in [0.2, 0.25) is 0 Å². The highest BCUT2D eigenvalue weighted by molar-refractivity contribution is 14.0. The predicted octanol–water partition coefficient (Wildman–Crippen LogP) is 3.35. The van der Waals surface area contributed by atoms with Crippen molar-refractivity contribution in [2.45, 2.75) is 62.7 Å². The molecule has 0 amide bonds. The van der Waals surface area contributed by atoms with Crippen molar-refractivity contribution in [1.82, 2.24) is 10.6 Å². The first-order valence-corrected chi connectivity index (χ1v) is 9.15. The molecule has 3 unspecified atom stereocenters. The Hall–Kier alpha value is -0.890. The van der Waals surface area contributed by atoms with Gasteiger partial charge in [-0.15, -0.1) is 24.0 Å². The fourth-order valence-corrected chi connectivity index (χ4v) is 4.07. The minimum Gasteiger partial charge on any atom is -0.373 e. The topological polar surface area (TPSA) is 45.7 Å². The Balaban J connectivity index is 0.00000182. The van der Waals surface area contributed by atoms with Crippen molar-refractivity contribution in [2.75, 3.05) is 13.1 Å². The zero-order valence-electron chi connectivity index (χ0n) is 14.6. The SMILES string of the molecule is CCNC(=NCC1(c2ccccc2F)CC1)NC1CC2CCC1O2.I. The number of halogens is 2. The second kappa shape index (κ2) is 7.78. The molecule has 2 bridgehead atoms. The van der Waals surface area contributed by atoms with Gasteiger partial charge in [-0.25, -0.2) is 4.39 Å². The van der Waals surface area contributed by atoms with Crippen LogP contribution in [0.5, 0.6) is 0 Å². The molecule has 2 heterocycles. The lowest BCUT2D eigenvalue weighted by atomic mass is 9.95. The molecule has 1 saturated carbocycles. The fourth-order valence-electron chi connectivity index (χ4n) is 4.07. The predicted molar refractivity (Wildman–Crippen MR) is 108 cm³/mol. The molecule has 0 spiro atoms. The van der Waals surface area contributed by atoms with Crippen LogP contribution in [0.25, 0.3) is 0 Å². The molecule has 0 radical (unpaired) electrons. The Morgan fingerprint density at radius 2 is 2.12 bits per heavy atom. The van der Waals surface area contributed by atoms with Crippen LogP contribution < -0.4 is 10.6 Å². The molecule has 138 valence electrons. The molecule has 25 heavy (non-hydrogen) atoms. The van der Waals surface area contributed by atoms with Gasteiger partial charge in [0.1, 0.15) is 5.82 Å². The summed E-state index contributed by atoms with van der Waals surface area (Å²) in [4.78, 5) is 4.78. The molecule has 4 rings (SSSR count). The van der Waals surface area contributed by atoms with Crippen LogP contribution in [0.3, 0.4) is 0 Å². The van der Waals surface area contributed by atoms with Gasteiger partial charge in [-0.05, 0) is 50.7 Å². The summed E-state index contributed by atoms with van der Waals surface area (Å²) < 4.78 is 20.0. The first-order chi connectivity index (χ1) is 11.7. The number of rotatable bonds is 5. The van der Waals surface area contributed by atoms with Crippen LogP contribution in [0.1, 0.15) is 44.6 Å². The van der Waals surface area contributed by atoms with Gasteiger partial charge in [-0.1, -0.05) is 18.2 Å². The maximum Gasteiger partial charge on any atom is 0.191 e. The quantitative estimate of drug-likeness (QED) is 0.404. The third-order valence-electron chi connectivity index (χ3n) is 5.61. The molecular weight excluding hydrogens is 432 g/mol. The van der Waals surface area contributed by atoms with Crippen molar-refractivity contribution >= 4 is 29.9 Å². The van der Waals surface area contributed by atoms with Gasteiger partial charge in [0.15, 0.2) is 5.96 Å². The van der Waals surface area contributed by atoms with Crippen molar-refractivity contribution < 1.29 is 9.13 Å². The number of benzene rings is 1. The van der Waals surface area contributed by atoms with E-state index < -0.39 is 0 Å². The molecular formula is C19H27FIN3O. The van der Waals surface area contributed by atoms with Gasteiger partial charge in [0, 0.05) is 12.0 Å². The van der Waals surface area contributed by atoms with Gasteiger partial charge in [0.25, 0.3) is 0 Å². The van der Waals surface area contributed by atoms with E-state index in [1.165, 1.54) is 6.42 Å². The Bertz CT molecular complexity index is 635. The molecule has 3 atom stereocenters. The van der Waals surface area contributed by atoms with Gasteiger partial charge in [-0.2, -0.15) is 0 Å². The highest BCUT2D eigenvalue weighted by Crippen LogP contribution is 2.49.